The molecule has 1 heterocycles. The van der Waals surface area contributed by atoms with Gasteiger partial charge in [0.05, 0.1) is 12.7 Å². The number of aromatic nitrogens is 3. The molecule has 4 rings (SSSR count). The SMILES string of the molecule is COC(=O)c1ccc(COc2nc(Cl)nc(NC3=Cc4ccccc4C3)n2)cc1. The largest absolute Gasteiger partial charge is 0.465 e. The summed E-state index contributed by atoms with van der Waals surface area (Å²) in [5.41, 5.74) is 4.69. The molecule has 29 heavy (non-hydrogen) atoms. The smallest absolute Gasteiger partial charge is 0.337 e. The number of benzene rings is 2. The Labute approximate surface area is 172 Å². The summed E-state index contributed by atoms with van der Waals surface area (Å²) in [7, 11) is 1.34. The number of esters is 1. The molecule has 0 bridgehead atoms. The number of halogens is 1. The molecule has 0 unspecified atom stereocenters. The number of nitrogens with zero attached hydrogens (tertiary/aromatic N) is 3. The minimum Gasteiger partial charge on any atom is -0.465 e. The zero-order valence-electron chi connectivity index (χ0n) is 15.6. The molecule has 1 aromatic heterocycles. The third-order valence-electron chi connectivity index (χ3n) is 4.37. The highest BCUT2D eigenvalue weighted by Gasteiger charge is 2.14. The van der Waals surface area contributed by atoms with Crippen molar-refractivity contribution in [3.8, 4) is 6.01 Å². The second-order valence-electron chi connectivity index (χ2n) is 6.36. The van der Waals surface area contributed by atoms with Gasteiger partial charge < -0.3 is 14.8 Å². The number of rotatable bonds is 6. The summed E-state index contributed by atoms with van der Waals surface area (Å²) in [5, 5.41) is 3.21. The zero-order chi connectivity index (χ0) is 20.2. The van der Waals surface area contributed by atoms with Crippen molar-refractivity contribution in [3.63, 3.8) is 0 Å². The number of hydrogen-bond donors (Lipinski definition) is 1. The molecule has 0 spiro atoms. The molecule has 146 valence electrons. The first kappa shape index (κ1) is 18.9. The van der Waals surface area contributed by atoms with Crippen LogP contribution in [0.1, 0.15) is 27.0 Å². The minimum absolute atomic E-state index is 0.0367. The van der Waals surface area contributed by atoms with Crippen molar-refractivity contribution in [2.45, 2.75) is 13.0 Å². The van der Waals surface area contributed by atoms with Crippen LogP contribution in [0.5, 0.6) is 6.01 Å². The quantitative estimate of drug-likeness (QED) is 0.619. The molecule has 0 atom stereocenters. The van der Waals surface area contributed by atoms with E-state index >= 15 is 0 Å². The number of ether oxygens (including phenoxy) is 2. The van der Waals surface area contributed by atoms with Crippen LogP contribution in [0, 0.1) is 0 Å². The van der Waals surface area contributed by atoms with Gasteiger partial charge in [0.1, 0.15) is 6.61 Å². The number of carbonyl (C=O) groups is 1. The first-order chi connectivity index (χ1) is 14.1. The van der Waals surface area contributed by atoms with E-state index < -0.39 is 0 Å². The van der Waals surface area contributed by atoms with Gasteiger partial charge in [-0.1, -0.05) is 36.4 Å². The van der Waals surface area contributed by atoms with E-state index in [1.165, 1.54) is 18.2 Å². The average molecular weight is 409 g/mol. The molecule has 3 aromatic rings. The highest BCUT2D eigenvalue weighted by molar-refractivity contribution is 6.28. The normalized spacial score (nSPS) is 12.1. The van der Waals surface area contributed by atoms with Crippen molar-refractivity contribution in [2.75, 3.05) is 12.4 Å². The maximum atomic E-state index is 11.5. The number of anilines is 1. The van der Waals surface area contributed by atoms with Gasteiger partial charge in [-0.15, -0.1) is 0 Å². The predicted molar refractivity (Wildman–Crippen MR) is 109 cm³/mol. The second kappa shape index (κ2) is 8.28. The zero-order valence-corrected chi connectivity index (χ0v) is 16.3. The Bertz CT molecular complexity index is 1080. The second-order valence-corrected chi connectivity index (χ2v) is 6.70. The summed E-state index contributed by atoms with van der Waals surface area (Å²) in [6.45, 7) is 0.218. The Morgan fingerprint density at radius 2 is 1.90 bits per heavy atom. The lowest BCUT2D eigenvalue weighted by atomic mass is 10.1. The lowest BCUT2D eigenvalue weighted by Gasteiger charge is -2.09. The van der Waals surface area contributed by atoms with Gasteiger partial charge in [-0.05, 0) is 46.5 Å². The van der Waals surface area contributed by atoms with E-state index in [1.807, 2.05) is 12.1 Å². The van der Waals surface area contributed by atoms with E-state index in [9.17, 15) is 4.79 Å². The van der Waals surface area contributed by atoms with E-state index in [1.54, 1.807) is 24.3 Å². The van der Waals surface area contributed by atoms with Gasteiger partial charge in [-0.25, -0.2) is 4.79 Å². The molecule has 0 saturated carbocycles. The first-order valence-corrected chi connectivity index (χ1v) is 9.25. The Kier molecular flexibility index (Phi) is 5.39. The number of nitrogens with one attached hydrogen (secondary N) is 1. The standard InChI is InChI=1S/C21H17ClN4O3/c1-28-18(27)14-8-6-13(7-9-14)12-29-21-25-19(22)24-20(26-21)23-17-10-15-4-2-3-5-16(15)11-17/h2-10H,11-12H2,1H3,(H,23,24,25,26). The number of hydrogen-bond acceptors (Lipinski definition) is 7. The van der Waals surface area contributed by atoms with E-state index in [0.29, 0.717) is 11.5 Å². The maximum absolute atomic E-state index is 11.5. The van der Waals surface area contributed by atoms with Crippen LogP contribution in [0.25, 0.3) is 6.08 Å². The van der Waals surface area contributed by atoms with Gasteiger partial charge in [0, 0.05) is 12.1 Å². The number of carbonyl (C=O) groups excluding carboxylic acids is 1. The van der Waals surface area contributed by atoms with Crippen molar-refractivity contribution >= 4 is 29.6 Å². The summed E-state index contributed by atoms with van der Waals surface area (Å²) >= 11 is 6.02. The Hall–Kier alpha value is -3.45. The van der Waals surface area contributed by atoms with E-state index in [-0.39, 0.29) is 23.9 Å². The van der Waals surface area contributed by atoms with Crippen LogP contribution < -0.4 is 10.1 Å². The molecular formula is C21H17ClN4O3. The van der Waals surface area contributed by atoms with Crippen molar-refractivity contribution in [1.29, 1.82) is 0 Å². The van der Waals surface area contributed by atoms with Gasteiger partial charge in [0.25, 0.3) is 0 Å². The third kappa shape index (κ3) is 4.52. The fraction of sp³-hybridized carbons (Fsp3) is 0.143. The van der Waals surface area contributed by atoms with E-state index in [0.717, 1.165) is 17.7 Å². The number of allylic oxidation sites excluding steroid dienone is 1. The summed E-state index contributed by atoms with van der Waals surface area (Å²) in [6, 6.07) is 15.2. The average Bonchev–Trinajstić information content (AvgIpc) is 3.14. The molecule has 1 aliphatic rings. The van der Waals surface area contributed by atoms with Crippen LogP contribution in [0.3, 0.4) is 0 Å². The molecule has 0 saturated heterocycles. The van der Waals surface area contributed by atoms with Crippen LogP contribution >= 0.6 is 11.6 Å². The molecule has 8 heteroatoms. The van der Waals surface area contributed by atoms with Gasteiger partial charge in [0.2, 0.25) is 11.2 Å². The van der Waals surface area contributed by atoms with Crippen molar-refractivity contribution in [1.82, 2.24) is 15.0 Å². The summed E-state index contributed by atoms with van der Waals surface area (Å²) < 4.78 is 10.3. The first-order valence-electron chi connectivity index (χ1n) is 8.88. The number of fused-ring (bicyclic) bond motifs is 1. The van der Waals surface area contributed by atoms with Crippen LogP contribution in [-0.4, -0.2) is 28.0 Å². The third-order valence-corrected chi connectivity index (χ3v) is 4.54. The van der Waals surface area contributed by atoms with Gasteiger partial charge in [-0.3, -0.25) is 0 Å². The van der Waals surface area contributed by atoms with E-state index in [2.05, 4.69) is 43.2 Å². The Balaban J connectivity index is 1.42. The van der Waals surface area contributed by atoms with Crippen LogP contribution in [0.4, 0.5) is 5.95 Å². The Morgan fingerprint density at radius 1 is 1.10 bits per heavy atom. The van der Waals surface area contributed by atoms with Crippen LogP contribution in [-0.2, 0) is 17.8 Å². The van der Waals surface area contributed by atoms with Crippen molar-refractivity contribution in [3.05, 3.63) is 81.8 Å². The van der Waals surface area contributed by atoms with Gasteiger partial charge in [0.15, 0.2) is 0 Å². The Morgan fingerprint density at radius 3 is 2.66 bits per heavy atom. The molecule has 0 aliphatic heterocycles. The monoisotopic (exact) mass is 408 g/mol. The topological polar surface area (TPSA) is 86.2 Å². The molecule has 0 radical (unpaired) electrons. The molecule has 1 aliphatic carbocycles. The van der Waals surface area contributed by atoms with E-state index in [4.69, 9.17) is 16.3 Å². The highest BCUT2D eigenvalue weighted by Crippen LogP contribution is 2.25. The molecular weight excluding hydrogens is 392 g/mol. The van der Waals surface area contributed by atoms with Crippen molar-refractivity contribution in [2.24, 2.45) is 0 Å². The summed E-state index contributed by atoms with van der Waals surface area (Å²) in [6.07, 6.45) is 2.82. The van der Waals surface area contributed by atoms with Crippen LogP contribution in [0.2, 0.25) is 5.28 Å². The van der Waals surface area contributed by atoms with Gasteiger partial charge >= 0.3 is 12.0 Å². The highest BCUT2D eigenvalue weighted by atomic mass is 35.5. The lowest BCUT2D eigenvalue weighted by Crippen LogP contribution is -2.07. The fourth-order valence-corrected chi connectivity index (χ4v) is 3.11. The molecule has 7 nitrogen and oxygen atoms in total. The lowest BCUT2D eigenvalue weighted by molar-refractivity contribution is 0.0600. The van der Waals surface area contributed by atoms with Gasteiger partial charge in [-0.2, -0.15) is 15.0 Å². The molecule has 0 amide bonds. The summed E-state index contributed by atoms with van der Waals surface area (Å²) in [4.78, 5) is 23.9. The molecule has 2 aromatic carbocycles. The maximum Gasteiger partial charge on any atom is 0.337 e. The molecule has 1 N–H and O–H groups in total. The molecule has 0 fully saturated rings. The predicted octanol–water partition coefficient (Wildman–Crippen LogP) is 3.90. The number of methoxy groups -OCH3 is 1. The van der Waals surface area contributed by atoms with Crippen molar-refractivity contribution < 1.29 is 14.3 Å². The fourth-order valence-electron chi connectivity index (χ4n) is 2.96. The summed E-state index contributed by atoms with van der Waals surface area (Å²) in [5.74, 6) is -0.0686. The minimum atomic E-state index is -0.388. The van der Waals surface area contributed by atoms with Crippen LogP contribution in [0.15, 0.2) is 54.2 Å².